The summed E-state index contributed by atoms with van der Waals surface area (Å²) in [6, 6.07) is 3.95. The van der Waals surface area contributed by atoms with Crippen LogP contribution in [0, 0.1) is 6.92 Å². The van der Waals surface area contributed by atoms with Crippen LogP contribution in [0.3, 0.4) is 0 Å². The molecule has 1 heterocycles. The molecule has 0 radical (unpaired) electrons. The smallest absolute Gasteiger partial charge is 0.0297 e. The van der Waals surface area contributed by atoms with E-state index in [0.29, 0.717) is 0 Å². The second-order valence-corrected chi connectivity index (χ2v) is 1.53. The predicted molar refractivity (Wildman–Crippen MR) is 29.0 cm³/mol. The van der Waals surface area contributed by atoms with Gasteiger partial charge in [-0.25, -0.2) is 0 Å². The van der Waals surface area contributed by atoms with Crippen LogP contribution in [0.1, 0.15) is 5.56 Å². The molecule has 0 saturated carbocycles. The van der Waals surface area contributed by atoms with Crippen LogP contribution in [0.2, 0.25) is 0 Å². The van der Waals surface area contributed by atoms with Crippen molar-refractivity contribution in [3.63, 3.8) is 0 Å². The van der Waals surface area contributed by atoms with Crippen molar-refractivity contribution in [1.82, 2.24) is 4.98 Å². The van der Waals surface area contributed by atoms with Gasteiger partial charge in [-0.15, -0.1) is 0 Å². The topological polar surface area (TPSA) is 12.9 Å². The Morgan fingerprint density at radius 3 is 2.50 bits per heavy atom. The van der Waals surface area contributed by atoms with Gasteiger partial charge in [0.1, 0.15) is 0 Å². The van der Waals surface area contributed by atoms with Crippen molar-refractivity contribution < 1.29 is 19.5 Å². The summed E-state index contributed by atoms with van der Waals surface area (Å²) in [4.78, 5) is 3.88. The molecule has 0 fully saturated rings. The van der Waals surface area contributed by atoms with Crippen molar-refractivity contribution in [2.24, 2.45) is 0 Å². The molecule has 1 nitrogen and oxygen atoms in total. The Hall–Kier alpha value is -0.227. The first-order valence-corrected chi connectivity index (χ1v) is 2.26. The summed E-state index contributed by atoms with van der Waals surface area (Å²) in [6.07, 6.45) is 3.60. The van der Waals surface area contributed by atoms with Gasteiger partial charge in [0.2, 0.25) is 0 Å². The first kappa shape index (κ1) is 7.77. The molecule has 0 aliphatic heterocycles. The van der Waals surface area contributed by atoms with Crippen LogP contribution in [0.5, 0.6) is 0 Å². The number of pyridine rings is 1. The van der Waals surface area contributed by atoms with Crippen molar-refractivity contribution in [2.75, 3.05) is 0 Å². The predicted octanol–water partition coefficient (Wildman–Crippen LogP) is 1.39. The Morgan fingerprint density at radius 2 is 2.25 bits per heavy atom. The fourth-order valence-corrected chi connectivity index (χ4v) is 0.448. The molecule has 8 heavy (non-hydrogen) atoms. The maximum Gasteiger partial charge on any atom is 0.0297 e. The SMILES string of the molecule is Cc1cccnc1.[Zn]. The average Bonchev–Trinajstić information content (AvgIpc) is 1.69. The maximum atomic E-state index is 3.88. The molecular weight excluding hydrogens is 151 g/mol. The monoisotopic (exact) mass is 157 g/mol. The number of nitrogens with zero attached hydrogens (tertiary/aromatic N) is 1. The average molecular weight is 159 g/mol. The molecule has 2 heteroatoms. The van der Waals surface area contributed by atoms with Gasteiger partial charge in [-0.2, -0.15) is 0 Å². The van der Waals surface area contributed by atoms with Gasteiger partial charge in [-0.1, -0.05) is 6.07 Å². The molecule has 38 valence electrons. The van der Waals surface area contributed by atoms with E-state index in [1.165, 1.54) is 5.56 Å². The van der Waals surface area contributed by atoms with E-state index in [-0.39, 0.29) is 19.5 Å². The summed E-state index contributed by atoms with van der Waals surface area (Å²) in [5, 5.41) is 0. The molecule has 0 unspecified atom stereocenters. The van der Waals surface area contributed by atoms with Gasteiger partial charge in [0.05, 0.1) is 0 Å². The molecule has 0 amide bonds. The second-order valence-electron chi connectivity index (χ2n) is 1.53. The molecule has 0 aromatic carbocycles. The second kappa shape index (κ2) is 3.74. The van der Waals surface area contributed by atoms with E-state index in [9.17, 15) is 0 Å². The standard InChI is InChI=1S/C6H7N.Zn/c1-6-3-2-4-7-5-6;/h2-5H,1H3;. The fourth-order valence-electron chi connectivity index (χ4n) is 0.448. The normalized spacial score (nSPS) is 7.62. The van der Waals surface area contributed by atoms with Crippen molar-refractivity contribution in [3.05, 3.63) is 30.1 Å². The number of hydrogen-bond acceptors (Lipinski definition) is 1. The van der Waals surface area contributed by atoms with E-state index in [0.717, 1.165) is 0 Å². The van der Waals surface area contributed by atoms with E-state index >= 15 is 0 Å². The zero-order valence-electron chi connectivity index (χ0n) is 4.96. The van der Waals surface area contributed by atoms with E-state index < -0.39 is 0 Å². The Morgan fingerprint density at radius 1 is 1.50 bits per heavy atom. The van der Waals surface area contributed by atoms with Gasteiger partial charge in [0.25, 0.3) is 0 Å². The van der Waals surface area contributed by atoms with Gasteiger partial charge in [-0.05, 0) is 18.6 Å². The van der Waals surface area contributed by atoms with Gasteiger partial charge < -0.3 is 0 Å². The van der Waals surface area contributed by atoms with E-state index in [2.05, 4.69) is 4.98 Å². The van der Waals surface area contributed by atoms with Crippen LogP contribution >= 0.6 is 0 Å². The van der Waals surface area contributed by atoms with E-state index in [4.69, 9.17) is 0 Å². The Kier molecular flexibility index (Phi) is 3.63. The zero-order chi connectivity index (χ0) is 5.11. The molecule has 0 N–H and O–H groups in total. The van der Waals surface area contributed by atoms with Crippen LogP contribution in [-0.2, 0) is 19.5 Å². The molecule has 0 saturated heterocycles. The summed E-state index contributed by atoms with van der Waals surface area (Å²) in [5.41, 5.74) is 1.21. The first-order chi connectivity index (χ1) is 3.39. The fraction of sp³-hybridized carbons (Fsp3) is 0.167. The summed E-state index contributed by atoms with van der Waals surface area (Å²) in [5.74, 6) is 0. The quantitative estimate of drug-likeness (QED) is 0.520. The number of aryl methyl sites for hydroxylation is 1. The third kappa shape index (κ3) is 2.18. The summed E-state index contributed by atoms with van der Waals surface area (Å²) in [6.45, 7) is 2.02. The minimum atomic E-state index is 0. The molecule has 1 aromatic heterocycles. The Bertz CT molecular complexity index is 138. The molecule has 1 rings (SSSR count). The van der Waals surface area contributed by atoms with Gasteiger partial charge in [-0.3, -0.25) is 4.98 Å². The van der Waals surface area contributed by atoms with Crippen molar-refractivity contribution in [1.29, 1.82) is 0 Å². The van der Waals surface area contributed by atoms with Crippen LogP contribution in [0.4, 0.5) is 0 Å². The molecule has 0 spiro atoms. The molecule has 0 aliphatic carbocycles. The summed E-state index contributed by atoms with van der Waals surface area (Å²) < 4.78 is 0. The van der Waals surface area contributed by atoms with Crippen LogP contribution in [-0.4, -0.2) is 4.98 Å². The molecule has 0 bridgehead atoms. The van der Waals surface area contributed by atoms with Gasteiger partial charge >= 0.3 is 0 Å². The molecule has 0 aliphatic rings. The van der Waals surface area contributed by atoms with Gasteiger partial charge in [0, 0.05) is 31.9 Å². The van der Waals surface area contributed by atoms with Crippen LogP contribution in [0.15, 0.2) is 24.5 Å². The molecule has 1 aromatic rings. The zero-order valence-corrected chi connectivity index (χ0v) is 7.93. The summed E-state index contributed by atoms with van der Waals surface area (Å²) >= 11 is 0. The largest absolute Gasteiger partial charge is 0.264 e. The molecule has 0 atom stereocenters. The minimum Gasteiger partial charge on any atom is -0.264 e. The number of hydrogen-bond donors (Lipinski definition) is 0. The first-order valence-electron chi connectivity index (χ1n) is 2.26. The number of rotatable bonds is 0. The maximum absolute atomic E-state index is 3.88. The van der Waals surface area contributed by atoms with Crippen molar-refractivity contribution in [3.8, 4) is 0 Å². The van der Waals surface area contributed by atoms with E-state index in [1.54, 1.807) is 6.20 Å². The Labute approximate surface area is 61.9 Å². The van der Waals surface area contributed by atoms with Crippen LogP contribution < -0.4 is 0 Å². The van der Waals surface area contributed by atoms with Gasteiger partial charge in [0.15, 0.2) is 0 Å². The number of aromatic nitrogens is 1. The van der Waals surface area contributed by atoms with Crippen LogP contribution in [0.25, 0.3) is 0 Å². The van der Waals surface area contributed by atoms with Crippen molar-refractivity contribution in [2.45, 2.75) is 6.92 Å². The Balaban J connectivity index is 0.000000490. The minimum absolute atomic E-state index is 0. The van der Waals surface area contributed by atoms with Crippen molar-refractivity contribution >= 4 is 0 Å². The summed E-state index contributed by atoms with van der Waals surface area (Å²) in [7, 11) is 0. The molecular formula is C6H7NZn. The third-order valence-corrected chi connectivity index (χ3v) is 0.809. The third-order valence-electron chi connectivity index (χ3n) is 0.809. The van der Waals surface area contributed by atoms with E-state index in [1.807, 2.05) is 25.3 Å².